The van der Waals surface area contributed by atoms with E-state index in [4.69, 9.17) is 10.1 Å². The standard InChI is InChI=1S/C28H23FN4O3S/c1-16-26(27(36)30-11-12-34)37-28(31-16)20-4-2-3-19(13-20)23-15-25(35)33-24-14-18(7-10-22(24)32-23)17-5-8-21(29)9-6-17/h2-10,13-14,34H,11-12,15H2,1H3,(H,30,36)(H,33,35). The van der Waals surface area contributed by atoms with Gasteiger partial charge in [-0.3, -0.25) is 14.6 Å². The average Bonchev–Trinajstić information content (AvgIpc) is 3.21. The molecule has 37 heavy (non-hydrogen) atoms. The monoisotopic (exact) mass is 514 g/mol. The molecule has 0 radical (unpaired) electrons. The maximum atomic E-state index is 13.3. The zero-order chi connectivity index (χ0) is 25.9. The highest BCUT2D eigenvalue weighted by Gasteiger charge is 2.20. The van der Waals surface area contributed by atoms with Crippen LogP contribution in [0.15, 0.2) is 71.7 Å². The van der Waals surface area contributed by atoms with Gasteiger partial charge < -0.3 is 15.7 Å². The summed E-state index contributed by atoms with van der Waals surface area (Å²) in [5.41, 5.74) is 5.71. The highest BCUT2D eigenvalue weighted by atomic mass is 32.1. The van der Waals surface area contributed by atoms with Crippen molar-refractivity contribution in [1.82, 2.24) is 10.3 Å². The summed E-state index contributed by atoms with van der Waals surface area (Å²) in [6, 6.07) is 19.3. The van der Waals surface area contributed by atoms with Crippen LogP contribution in [0.1, 0.15) is 27.3 Å². The van der Waals surface area contributed by atoms with Crippen molar-refractivity contribution in [2.24, 2.45) is 4.99 Å². The van der Waals surface area contributed by atoms with Crippen LogP contribution >= 0.6 is 11.3 Å². The predicted molar refractivity (Wildman–Crippen MR) is 143 cm³/mol. The normalized spacial score (nSPS) is 12.8. The molecule has 0 atom stereocenters. The van der Waals surface area contributed by atoms with Crippen LogP contribution in [0.3, 0.4) is 0 Å². The zero-order valence-corrected chi connectivity index (χ0v) is 20.7. The van der Waals surface area contributed by atoms with Crippen LogP contribution in [0.2, 0.25) is 0 Å². The number of nitrogens with zero attached hydrogens (tertiary/aromatic N) is 2. The second-order valence-corrected chi connectivity index (χ2v) is 9.52. The number of nitrogens with one attached hydrogen (secondary N) is 2. The van der Waals surface area contributed by atoms with Crippen molar-refractivity contribution in [2.75, 3.05) is 18.5 Å². The smallest absolute Gasteiger partial charge is 0.263 e. The molecule has 0 saturated heterocycles. The molecule has 0 aliphatic carbocycles. The summed E-state index contributed by atoms with van der Waals surface area (Å²) in [4.78, 5) is 35.0. The molecule has 0 bridgehead atoms. The third-order valence-electron chi connectivity index (χ3n) is 5.87. The molecule has 3 N–H and O–H groups in total. The van der Waals surface area contributed by atoms with Crippen LogP contribution in [0.25, 0.3) is 21.7 Å². The molecule has 0 spiro atoms. The van der Waals surface area contributed by atoms with Crippen molar-refractivity contribution >= 4 is 40.2 Å². The largest absolute Gasteiger partial charge is 0.395 e. The Hall–Kier alpha value is -4.21. The van der Waals surface area contributed by atoms with Gasteiger partial charge in [0.15, 0.2) is 0 Å². The maximum Gasteiger partial charge on any atom is 0.263 e. The number of aromatic nitrogens is 1. The SMILES string of the molecule is Cc1nc(-c2cccc(C3=Nc4ccc(-c5ccc(F)cc5)cc4NC(=O)C3)c2)sc1C(=O)NCCO. The van der Waals surface area contributed by atoms with Crippen LogP contribution < -0.4 is 10.6 Å². The number of rotatable bonds is 6. The molecule has 1 aliphatic rings. The second-order valence-electron chi connectivity index (χ2n) is 8.52. The number of anilines is 1. The number of hydrogen-bond donors (Lipinski definition) is 3. The minimum Gasteiger partial charge on any atom is -0.395 e. The Balaban J connectivity index is 1.46. The van der Waals surface area contributed by atoms with Gasteiger partial charge in [0, 0.05) is 12.1 Å². The third kappa shape index (κ3) is 5.32. The molecule has 2 heterocycles. The molecule has 186 valence electrons. The molecule has 5 rings (SSSR count). The van der Waals surface area contributed by atoms with Gasteiger partial charge in [-0.25, -0.2) is 9.37 Å². The minimum absolute atomic E-state index is 0.0930. The van der Waals surface area contributed by atoms with Crippen molar-refractivity contribution in [3.63, 3.8) is 0 Å². The fourth-order valence-corrected chi connectivity index (χ4v) is 5.04. The number of amides is 2. The van der Waals surface area contributed by atoms with Crippen LogP contribution in [-0.4, -0.2) is 40.8 Å². The van der Waals surface area contributed by atoms with Gasteiger partial charge in [-0.15, -0.1) is 11.3 Å². The van der Waals surface area contributed by atoms with E-state index in [9.17, 15) is 14.0 Å². The van der Waals surface area contributed by atoms with Gasteiger partial charge in [0.1, 0.15) is 15.7 Å². The number of benzene rings is 3. The molecule has 9 heteroatoms. The molecular formula is C28H23FN4O3S. The lowest BCUT2D eigenvalue weighted by molar-refractivity contribution is -0.115. The number of aryl methyl sites for hydroxylation is 1. The minimum atomic E-state index is -0.308. The summed E-state index contributed by atoms with van der Waals surface area (Å²) in [6.45, 7) is 1.81. The van der Waals surface area contributed by atoms with E-state index in [1.54, 1.807) is 19.1 Å². The highest BCUT2D eigenvalue weighted by Crippen LogP contribution is 2.34. The summed E-state index contributed by atoms with van der Waals surface area (Å²) in [5.74, 6) is -0.766. The zero-order valence-electron chi connectivity index (χ0n) is 19.9. The van der Waals surface area contributed by atoms with E-state index >= 15 is 0 Å². The number of aliphatic hydroxyl groups excluding tert-OH is 1. The molecule has 2 amide bonds. The fourth-order valence-electron chi connectivity index (χ4n) is 4.07. The Bertz CT molecular complexity index is 1530. The number of fused-ring (bicyclic) bond motifs is 1. The van der Waals surface area contributed by atoms with Crippen LogP contribution in [0.5, 0.6) is 0 Å². The van der Waals surface area contributed by atoms with E-state index in [-0.39, 0.29) is 37.2 Å². The summed E-state index contributed by atoms with van der Waals surface area (Å²) < 4.78 is 13.3. The van der Waals surface area contributed by atoms with Crippen molar-refractivity contribution in [2.45, 2.75) is 13.3 Å². The van der Waals surface area contributed by atoms with Crippen molar-refractivity contribution in [3.05, 3.63) is 88.7 Å². The Morgan fingerprint density at radius 1 is 1.05 bits per heavy atom. The second kappa shape index (κ2) is 10.4. The summed E-state index contributed by atoms with van der Waals surface area (Å²) in [6.07, 6.45) is 0.0930. The average molecular weight is 515 g/mol. The highest BCUT2D eigenvalue weighted by molar-refractivity contribution is 7.17. The van der Waals surface area contributed by atoms with Gasteiger partial charge in [-0.2, -0.15) is 0 Å². The number of carbonyl (C=O) groups is 2. The molecule has 4 aromatic rings. The third-order valence-corrected chi connectivity index (χ3v) is 7.08. The summed E-state index contributed by atoms with van der Waals surface area (Å²) in [5, 5.41) is 15.2. The van der Waals surface area contributed by atoms with Gasteiger partial charge in [-0.05, 0) is 53.9 Å². The first kappa shape index (κ1) is 24.5. The Kier molecular flexibility index (Phi) is 6.89. The lowest BCUT2D eigenvalue weighted by atomic mass is 10.0. The van der Waals surface area contributed by atoms with Gasteiger partial charge in [0.2, 0.25) is 5.91 Å². The van der Waals surface area contributed by atoms with Gasteiger partial charge in [-0.1, -0.05) is 36.4 Å². The molecule has 0 saturated carbocycles. The molecule has 1 aromatic heterocycles. The van der Waals surface area contributed by atoms with E-state index < -0.39 is 0 Å². The summed E-state index contributed by atoms with van der Waals surface area (Å²) in [7, 11) is 0. The molecule has 3 aromatic carbocycles. The lowest BCUT2D eigenvalue weighted by Gasteiger charge is -2.08. The Labute approximate surface area is 216 Å². The first-order valence-electron chi connectivity index (χ1n) is 11.7. The van der Waals surface area contributed by atoms with Crippen LogP contribution in [-0.2, 0) is 4.79 Å². The van der Waals surface area contributed by atoms with E-state index in [2.05, 4.69) is 15.6 Å². The first-order chi connectivity index (χ1) is 17.9. The number of hydrogen-bond acceptors (Lipinski definition) is 6. The van der Waals surface area contributed by atoms with Crippen LogP contribution in [0.4, 0.5) is 15.8 Å². The molecule has 1 aliphatic heterocycles. The number of carbonyl (C=O) groups excluding carboxylic acids is 2. The maximum absolute atomic E-state index is 13.3. The van der Waals surface area contributed by atoms with Crippen molar-refractivity contribution in [1.29, 1.82) is 0 Å². The first-order valence-corrected chi connectivity index (χ1v) is 12.5. The Morgan fingerprint density at radius 2 is 1.81 bits per heavy atom. The van der Waals surface area contributed by atoms with E-state index in [0.29, 0.717) is 32.7 Å². The molecule has 0 fully saturated rings. The predicted octanol–water partition coefficient (Wildman–Crippen LogP) is 5.11. The number of halogens is 1. The lowest BCUT2D eigenvalue weighted by Crippen LogP contribution is -2.26. The van der Waals surface area contributed by atoms with E-state index in [1.165, 1.54) is 23.5 Å². The van der Waals surface area contributed by atoms with E-state index in [0.717, 1.165) is 22.3 Å². The van der Waals surface area contributed by atoms with Crippen LogP contribution in [0, 0.1) is 12.7 Å². The summed E-state index contributed by atoms with van der Waals surface area (Å²) >= 11 is 1.27. The quantitative estimate of drug-likeness (QED) is 0.333. The van der Waals surface area contributed by atoms with Crippen molar-refractivity contribution in [3.8, 4) is 21.7 Å². The molecule has 0 unspecified atom stereocenters. The van der Waals surface area contributed by atoms with E-state index in [1.807, 2.05) is 42.5 Å². The van der Waals surface area contributed by atoms with Crippen molar-refractivity contribution < 1.29 is 19.1 Å². The van der Waals surface area contributed by atoms with Gasteiger partial charge in [0.05, 0.1) is 35.8 Å². The number of aliphatic imine (C=N–C) groups is 1. The Morgan fingerprint density at radius 3 is 2.59 bits per heavy atom. The fraction of sp³-hybridized carbons (Fsp3) is 0.143. The van der Waals surface area contributed by atoms with Gasteiger partial charge >= 0.3 is 0 Å². The van der Waals surface area contributed by atoms with Gasteiger partial charge in [0.25, 0.3) is 5.91 Å². The molecule has 7 nitrogen and oxygen atoms in total. The number of thiazole rings is 1. The number of aliphatic hydroxyl groups is 1. The topological polar surface area (TPSA) is 104 Å². The molecular weight excluding hydrogens is 491 g/mol.